The highest BCUT2D eigenvalue weighted by atomic mass is 32.2. The topological polar surface area (TPSA) is 140 Å². The number of nitrogens with zero attached hydrogens (tertiary/aromatic N) is 3. The number of hydrogen-bond acceptors (Lipinski definition) is 10. The third-order valence-electron chi connectivity index (χ3n) is 4.97. The minimum atomic E-state index is -3.96. The fourth-order valence-corrected chi connectivity index (χ4v) is 4.30. The van der Waals surface area contributed by atoms with Crippen LogP contribution in [0.15, 0.2) is 23.1 Å². The first-order valence-corrected chi connectivity index (χ1v) is 12.4. The number of morpholine rings is 1. The van der Waals surface area contributed by atoms with Gasteiger partial charge in [-0.1, -0.05) is 6.07 Å². The smallest absolute Gasteiger partial charge is 0.270 e. The molecule has 1 fully saturated rings. The highest BCUT2D eigenvalue weighted by molar-refractivity contribution is 7.89. The second-order valence-electron chi connectivity index (χ2n) is 8.20. The first-order chi connectivity index (χ1) is 15.0. The lowest BCUT2D eigenvalue weighted by Gasteiger charge is -2.28. The quantitative estimate of drug-likeness (QED) is 0.435. The summed E-state index contributed by atoms with van der Waals surface area (Å²) in [4.78, 5) is 1.76. The summed E-state index contributed by atoms with van der Waals surface area (Å²) >= 11 is 1.05. The molecule has 2 aromatic rings. The molecular weight excluding hydrogens is 461 g/mol. The normalized spacial score (nSPS) is 16.2. The molecule has 0 saturated carbocycles. The highest BCUT2D eigenvalue weighted by Gasteiger charge is 2.24. The number of halogens is 1. The number of primary sulfonamides is 1. The van der Waals surface area contributed by atoms with Crippen LogP contribution in [0.1, 0.15) is 19.4 Å². The Morgan fingerprint density at radius 1 is 1.38 bits per heavy atom. The summed E-state index contributed by atoms with van der Waals surface area (Å²) in [7, 11) is -3.96. The van der Waals surface area contributed by atoms with Gasteiger partial charge in [-0.15, -0.1) is 4.37 Å². The van der Waals surface area contributed by atoms with Gasteiger partial charge < -0.3 is 24.8 Å². The van der Waals surface area contributed by atoms with Crippen molar-refractivity contribution in [2.75, 3.05) is 44.4 Å². The molecule has 1 saturated heterocycles. The van der Waals surface area contributed by atoms with Gasteiger partial charge >= 0.3 is 0 Å². The molecule has 1 aliphatic rings. The zero-order chi connectivity index (χ0) is 23.4. The van der Waals surface area contributed by atoms with Gasteiger partial charge in [0.15, 0.2) is 0 Å². The molecule has 1 aliphatic heterocycles. The number of β-amino-alcohol motifs (C(OH)–C–C–N with tert-alkyl or cyclic N) is 1. The third kappa shape index (κ3) is 6.80. The third-order valence-corrected chi connectivity index (χ3v) is 6.38. The fraction of sp³-hybridized carbons (Fsp3) is 0.579. The van der Waals surface area contributed by atoms with Gasteiger partial charge in [-0.2, -0.15) is 4.37 Å². The molecule has 0 unspecified atom stereocenters. The molecule has 1 aromatic carbocycles. The summed E-state index contributed by atoms with van der Waals surface area (Å²) in [6.07, 6.45) is -0.558. The number of anilines is 1. The molecule has 0 bridgehead atoms. The predicted molar refractivity (Wildman–Crippen MR) is 118 cm³/mol. The van der Waals surface area contributed by atoms with Crippen LogP contribution in [0, 0.1) is 5.82 Å². The van der Waals surface area contributed by atoms with Crippen molar-refractivity contribution < 1.29 is 27.4 Å². The van der Waals surface area contributed by atoms with Crippen molar-refractivity contribution in [3.8, 4) is 5.88 Å². The number of ether oxygens (including phenoxy) is 2. The average molecular weight is 490 g/mol. The van der Waals surface area contributed by atoms with E-state index in [1.165, 1.54) is 12.1 Å². The van der Waals surface area contributed by atoms with E-state index >= 15 is 0 Å². The summed E-state index contributed by atoms with van der Waals surface area (Å²) in [5.41, 5.74) is -0.240. The second kappa shape index (κ2) is 10.4. The molecular formula is C19H28FN5O5S2. The summed E-state index contributed by atoms with van der Waals surface area (Å²) < 4.78 is 56.5. The molecule has 1 atom stereocenters. The number of aliphatic hydroxyl groups is 1. The molecule has 4 N–H and O–H groups in total. The van der Waals surface area contributed by atoms with Crippen LogP contribution in [0.4, 0.5) is 10.2 Å². The second-order valence-corrected chi connectivity index (χ2v) is 10.3. The number of nitrogens with one attached hydrogen (secondary N) is 1. The summed E-state index contributed by atoms with van der Waals surface area (Å²) in [6, 6.07) is 3.60. The molecule has 0 spiro atoms. The van der Waals surface area contributed by atoms with E-state index in [4.69, 9.17) is 14.6 Å². The van der Waals surface area contributed by atoms with E-state index < -0.39 is 27.5 Å². The molecule has 0 amide bonds. The Balaban J connectivity index is 1.50. The summed E-state index contributed by atoms with van der Waals surface area (Å²) in [5.74, 6) is 0.381. The van der Waals surface area contributed by atoms with Gasteiger partial charge in [0.2, 0.25) is 15.8 Å². The number of rotatable bonds is 10. The lowest BCUT2D eigenvalue weighted by Crippen LogP contribution is -2.46. The van der Waals surface area contributed by atoms with Crippen LogP contribution in [-0.2, 0) is 21.2 Å². The standard InChI is InChI=1S/C19H28FN5O5S2/c1-19(2,10-13-3-4-15(9-16(13)20)32(21,27)28)22-11-14(26)12-30-18-17(23-31-24-18)25-5-7-29-8-6-25/h3-4,9,14,22,26H,5-8,10-12H2,1-2H3,(H2,21,27,28)/t14-/m0/s1. The van der Waals surface area contributed by atoms with Crippen molar-refractivity contribution in [1.82, 2.24) is 14.1 Å². The van der Waals surface area contributed by atoms with Crippen LogP contribution in [0.25, 0.3) is 0 Å². The maximum Gasteiger partial charge on any atom is 0.270 e. The Bertz CT molecular complexity index is 1010. The van der Waals surface area contributed by atoms with Crippen molar-refractivity contribution in [1.29, 1.82) is 0 Å². The van der Waals surface area contributed by atoms with Gasteiger partial charge in [0, 0.05) is 25.2 Å². The van der Waals surface area contributed by atoms with Gasteiger partial charge in [0.25, 0.3) is 5.88 Å². The zero-order valence-corrected chi connectivity index (χ0v) is 19.6. The van der Waals surface area contributed by atoms with Crippen molar-refractivity contribution in [3.63, 3.8) is 0 Å². The Labute approximate surface area is 190 Å². The lowest BCUT2D eigenvalue weighted by molar-refractivity contribution is 0.0963. The molecule has 2 heterocycles. The minimum absolute atomic E-state index is 0.0171. The van der Waals surface area contributed by atoms with E-state index in [0.717, 1.165) is 17.8 Å². The molecule has 0 aliphatic carbocycles. The lowest BCUT2D eigenvalue weighted by atomic mass is 9.94. The number of sulfonamides is 1. The number of nitrogens with two attached hydrogens (primary N) is 1. The monoisotopic (exact) mass is 489 g/mol. The van der Waals surface area contributed by atoms with Gasteiger partial charge in [-0.25, -0.2) is 17.9 Å². The maximum atomic E-state index is 14.3. The molecule has 32 heavy (non-hydrogen) atoms. The number of aromatic nitrogens is 2. The van der Waals surface area contributed by atoms with E-state index in [1.807, 2.05) is 18.7 Å². The summed E-state index contributed by atoms with van der Waals surface area (Å²) in [6.45, 7) is 6.57. The largest absolute Gasteiger partial charge is 0.472 e. The molecule has 178 valence electrons. The zero-order valence-electron chi connectivity index (χ0n) is 18.0. The van der Waals surface area contributed by atoms with Crippen LogP contribution >= 0.6 is 11.7 Å². The average Bonchev–Trinajstić information content (AvgIpc) is 3.21. The Hall–Kier alpha value is -1.90. The van der Waals surface area contributed by atoms with Crippen LogP contribution in [0.5, 0.6) is 5.88 Å². The van der Waals surface area contributed by atoms with Gasteiger partial charge in [0.1, 0.15) is 18.5 Å². The Kier molecular flexibility index (Phi) is 8.01. The molecule has 10 nitrogen and oxygen atoms in total. The van der Waals surface area contributed by atoms with Crippen LogP contribution < -0.4 is 20.1 Å². The van der Waals surface area contributed by atoms with Gasteiger partial charge in [0.05, 0.1) is 29.8 Å². The van der Waals surface area contributed by atoms with Crippen LogP contribution in [0.3, 0.4) is 0 Å². The van der Waals surface area contributed by atoms with E-state index in [2.05, 4.69) is 14.1 Å². The van der Waals surface area contributed by atoms with Gasteiger partial charge in [-0.05, 0) is 38.0 Å². The molecule has 1 aromatic heterocycles. The number of benzene rings is 1. The number of hydrogen-bond donors (Lipinski definition) is 3. The van der Waals surface area contributed by atoms with Gasteiger partial charge in [-0.3, -0.25) is 0 Å². The predicted octanol–water partition coefficient (Wildman–Crippen LogP) is 0.512. The van der Waals surface area contributed by atoms with Crippen molar-refractivity contribution in [2.45, 2.75) is 36.8 Å². The van der Waals surface area contributed by atoms with E-state index in [1.54, 1.807) is 0 Å². The first-order valence-electron chi connectivity index (χ1n) is 10.1. The van der Waals surface area contributed by atoms with Crippen molar-refractivity contribution >= 4 is 27.6 Å². The fourth-order valence-electron chi connectivity index (χ4n) is 3.25. The van der Waals surface area contributed by atoms with E-state index in [-0.39, 0.29) is 24.5 Å². The van der Waals surface area contributed by atoms with Crippen LogP contribution in [-0.4, -0.2) is 73.4 Å². The van der Waals surface area contributed by atoms with E-state index in [9.17, 15) is 17.9 Å². The first kappa shape index (κ1) is 24.7. The highest BCUT2D eigenvalue weighted by Crippen LogP contribution is 2.26. The molecule has 0 radical (unpaired) electrons. The van der Waals surface area contributed by atoms with Crippen molar-refractivity contribution in [2.24, 2.45) is 5.14 Å². The Morgan fingerprint density at radius 3 is 2.75 bits per heavy atom. The Morgan fingerprint density at radius 2 is 2.09 bits per heavy atom. The van der Waals surface area contributed by atoms with Crippen LogP contribution in [0.2, 0.25) is 0 Å². The SMILES string of the molecule is CC(C)(Cc1ccc(S(N)(=O)=O)cc1F)NC[C@H](O)COc1nsnc1N1CCOCC1. The van der Waals surface area contributed by atoms with E-state index in [0.29, 0.717) is 43.6 Å². The molecule has 13 heteroatoms. The maximum absolute atomic E-state index is 14.3. The number of aliphatic hydroxyl groups excluding tert-OH is 1. The summed E-state index contributed by atoms with van der Waals surface area (Å²) in [5, 5.41) is 18.6. The van der Waals surface area contributed by atoms with Crippen molar-refractivity contribution in [3.05, 3.63) is 29.6 Å². The molecule has 3 rings (SSSR count). The minimum Gasteiger partial charge on any atom is -0.472 e.